The fourth-order valence-electron chi connectivity index (χ4n) is 1.45. The molecule has 2 nitrogen and oxygen atoms in total. The van der Waals surface area contributed by atoms with E-state index in [1.165, 1.54) is 25.7 Å². The SMILES string of the molecule is CCCCn1ccc[n+]1CCCC. The van der Waals surface area contributed by atoms with Gasteiger partial charge < -0.3 is 0 Å². The van der Waals surface area contributed by atoms with Gasteiger partial charge in [0.1, 0.15) is 0 Å². The highest BCUT2D eigenvalue weighted by atomic mass is 15.4. The third-order valence-corrected chi connectivity index (χ3v) is 2.33. The van der Waals surface area contributed by atoms with E-state index in [0.29, 0.717) is 0 Å². The highest BCUT2D eigenvalue weighted by Gasteiger charge is 2.05. The van der Waals surface area contributed by atoms with Crippen LogP contribution in [0.4, 0.5) is 0 Å². The normalized spacial score (nSPS) is 10.6. The van der Waals surface area contributed by atoms with Crippen LogP contribution in [0.15, 0.2) is 18.5 Å². The van der Waals surface area contributed by atoms with E-state index in [9.17, 15) is 0 Å². The summed E-state index contributed by atoms with van der Waals surface area (Å²) in [5, 5.41) is 0. The average molecular weight is 181 g/mol. The molecule has 0 aromatic carbocycles. The number of unbranched alkanes of at least 4 members (excludes halogenated alkanes) is 2. The molecule has 1 heterocycles. The standard InChI is InChI=1S/C11H21N2/c1-3-5-8-12-10-7-11-13(12)9-6-4-2/h7,10-11H,3-6,8-9H2,1-2H3/q+1. The Morgan fingerprint density at radius 2 is 1.92 bits per heavy atom. The predicted octanol–water partition coefficient (Wildman–Crippen LogP) is 2.38. The largest absolute Gasteiger partial charge is 0.195 e. The third kappa shape index (κ3) is 3.21. The molecule has 0 saturated heterocycles. The lowest BCUT2D eigenvalue weighted by atomic mass is 10.3. The maximum Gasteiger partial charge on any atom is 0.195 e. The van der Waals surface area contributed by atoms with Crippen molar-refractivity contribution in [1.29, 1.82) is 0 Å². The second-order valence-electron chi connectivity index (χ2n) is 3.52. The Balaban J connectivity index is 2.45. The summed E-state index contributed by atoms with van der Waals surface area (Å²) >= 11 is 0. The first-order valence-corrected chi connectivity index (χ1v) is 5.43. The molecule has 0 aliphatic heterocycles. The molecule has 2 heteroatoms. The summed E-state index contributed by atoms with van der Waals surface area (Å²) in [7, 11) is 0. The maximum absolute atomic E-state index is 2.32. The molecule has 0 unspecified atom stereocenters. The van der Waals surface area contributed by atoms with Gasteiger partial charge in [-0.1, -0.05) is 26.7 Å². The molecule has 0 fully saturated rings. The van der Waals surface area contributed by atoms with Gasteiger partial charge in [-0.3, -0.25) is 0 Å². The van der Waals surface area contributed by atoms with E-state index in [-0.39, 0.29) is 0 Å². The zero-order chi connectivity index (χ0) is 9.52. The Morgan fingerprint density at radius 3 is 2.62 bits per heavy atom. The van der Waals surface area contributed by atoms with Crippen LogP contribution in [0.2, 0.25) is 0 Å². The number of rotatable bonds is 6. The zero-order valence-electron chi connectivity index (χ0n) is 8.87. The molecule has 74 valence electrons. The number of hydrogen-bond donors (Lipinski definition) is 0. The molecule has 0 N–H and O–H groups in total. The Labute approximate surface area is 81.2 Å². The third-order valence-electron chi connectivity index (χ3n) is 2.33. The van der Waals surface area contributed by atoms with Gasteiger partial charge in [-0.2, -0.15) is 4.68 Å². The number of nitrogens with zero attached hydrogens (tertiary/aromatic N) is 2. The first-order chi connectivity index (χ1) is 6.38. The van der Waals surface area contributed by atoms with E-state index in [2.05, 4.69) is 41.7 Å². The van der Waals surface area contributed by atoms with Crippen molar-refractivity contribution in [1.82, 2.24) is 4.68 Å². The van der Waals surface area contributed by atoms with Crippen LogP contribution in [-0.2, 0) is 13.1 Å². The van der Waals surface area contributed by atoms with Crippen molar-refractivity contribution in [3.05, 3.63) is 18.5 Å². The Hall–Kier alpha value is -0.790. The first-order valence-electron chi connectivity index (χ1n) is 5.43. The zero-order valence-corrected chi connectivity index (χ0v) is 8.87. The number of aryl methyl sites for hydroxylation is 2. The van der Waals surface area contributed by atoms with Gasteiger partial charge in [-0.25, -0.2) is 0 Å². The van der Waals surface area contributed by atoms with Gasteiger partial charge in [0.2, 0.25) is 0 Å². The Bertz CT molecular complexity index is 205. The fourth-order valence-corrected chi connectivity index (χ4v) is 1.45. The van der Waals surface area contributed by atoms with E-state index in [1.807, 2.05) is 0 Å². The van der Waals surface area contributed by atoms with Crippen LogP contribution >= 0.6 is 0 Å². The monoisotopic (exact) mass is 181 g/mol. The van der Waals surface area contributed by atoms with Gasteiger partial charge in [0.25, 0.3) is 0 Å². The maximum atomic E-state index is 2.32. The summed E-state index contributed by atoms with van der Waals surface area (Å²) in [6, 6.07) is 2.13. The van der Waals surface area contributed by atoms with Crippen LogP contribution in [0, 0.1) is 0 Å². The van der Waals surface area contributed by atoms with Crippen molar-refractivity contribution in [2.75, 3.05) is 0 Å². The lowest BCUT2D eigenvalue weighted by Crippen LogP contribution is -2.42. The Morgan fingerprint density at radius 1 is 1.15 bits per heavy atom. The van der Waals surface area contributed by atoms with Crippen molar-refractivity contribution in [2.24, 2.45) is 0 Å². The minimum Gasteiger partial charge on any atom is -0.161 e. The number of aromatic nitrogens is 2. The average Bonchev–Trinajstić information content (AvgIpc) is 2.59. The van der Waals surface area contributed by atoms with Crippen LogP contribution < -0.4 is 4.68 Å². The summed E-state index contributed by atoms with van der Waals surface area (Å²) in [5.74, 6) is 0. The predicted molar refractivity (Wildman–Crippen MR) is 54.4 cm³/mol. The minimum atomic E-state index is 1.16. The van der Waals surface area contributed by atoms with Crippen LogP contribution in [-0.4, -0.2) is 4.68 Å². The van der Waals surface area contributed by atoms with Gasteiger partial charge >= 0.3 is 0 Å². The van der Waals surface area contributed by atoms with Crippen molar-refractivity contribution in [3.8, 4) is 0 Å². The second-order valence-corrected chi connectivity index (χ2v) is 3.52. The minimum absolute atomic E-state index is 1.16. The molecule has 1 aromatic rings. The molecular weight excluding hydrogens is 160 g/mol. The van der Waals surface area contributed by atoms with E-state index in [4.69, 9.17) is 0 Å². The Kier molecular flexibility index (Phi) is 4.58. The van der Waals surface area contributed by atoms with Crippen LogP contribution in [0.1, 0.15) is 39.5 Å². The highest BCUT2D eigenvalue weighted by molar-refractivity contribution is 4.71. The molecule has 1 rings (SSSR count). The summed E-state index contributed by atoms with van der Waals surface area (Å²) in [4.78, 5) is 0. The molecule has 0 atom stereocenters. The summed E-state index contributed by atoms with van der Waals surface area (Å²) in [6.45, 7) is 6.79. The molecule has 0 spiro atoms. The molecule has 0 amide bonds. The van der Waals surface area contributed by atoms with Crippen LogP contribution in [0.25, 0.3) is 0 Å². The fraction of sp³-hybridized carbons (Fsp3) is 0.727. The van der Waals surface area contributed by atoms with E-state index < -0.39 is 0 Å². The van der Waals surface area contributed by atoms with Crippen molar-refractivity contribution < 1.29 is 4.68 Å². The molecule has 1 aromatic heterocycles. The smallest absolute Gasteiger partial charge is 0.161 e. The second kappa shape index (κ2) is 5.79. The quantitative estimate of drug-likeness (QED) is 0.596. The van der Waals surface area contributed by atoms with Gasteiger partial charge in [0, 0.05) is 12.5 Å². The topological polar surface area (TPSA) is 8.81 Å². The van der Waals surface area contributed by atoms with Crippen LogP contribution in [0.3, 0.4) is 0 Å². The molecule has 0 bridgehead atoms. The van der Waals surface area contributed by atoms with E-state index in [1.54, 1.807) is 0 Å². The lowest BCUT2D eigenvalue weighted by Gasteiger charge is -2.00. The summed E-state index contributed by atoms with van der Waals surface area (Å²) < 4.78 is 4.64. The first kappa shape index (κ1) is 10.3. The van der Waals surface area contributed by atoms with Crippen molar-refractivity contribution in [3.63, 3.8) is 0 Å². The molecule has 0 aliphatic rings. The van der Waals surface area contributed by atoms with E-state index in [0.717, 1.165) is 13.1 Å². The van der Waals surface area contributed by atoms with Gasteiger partial charge in [-0.15, -0.1) is 4.68 Å². The van der Waals surface area contributed by atoms with Gasteiger partial charge in [0.15, 0.2) is 12.7 Å². The van der Waals surface area contributed by atoms with Gasteiger partial charge in [0.05, 0.1) is 12.7 Å². The molecule has 13 heavy (non-hydrogen) atoms. The molecule has 0 aliphatic carbocycles. The summed E-state index contributed by atoms with van der Waals surface area (Å²) in [5.41, 5.74) is 0. The number of hydrogen-bond acceptors (Lipinski definition) is 0. The lowest BCUT2D eigenvalue weighted by molar-refractivity contribution is -0.775. The molecule has 0 radical (unpaired) electrons. The molecule has 0 saturated carbocycles. The van der Waals surface area contributed by atoms with E-state index >= 15 is 0 Å². The van der Waals surface area contributed by atoms with Gasteiger partial charge in [-0.05, 0) is 6.42 Å². The van der Waals surface area contributed by atoms with Crippen molar-refractivity contribution in [2.45, 2.75) is 52.6 Å². The van der Waals surface area contributed by atoms with Crippen molar-refractivity contribution >= 4 is 0 Å². The highest BCUT2D eigenvalue weighted by Crippen LogP contribution is 1.93. The van der Waals surface area contributed by atoms with Crippen LogP contribution in [0.5, 0.6) is 0 Å². The molecular formula is C11H21N2+. The summed E-state index contributed by atoms with van der Waals surface area (Å²) in [6.07, 6.45) is 9.44.